The maximum atomic E-state index is 12.1. The molecule has 3 amide bonds. The smallest absolute Gasteiger partial charge is 0.408 e. The minimum Gasteiger partial charge on any atom is -0.444 e. The monoisotopic (exact) mass is 449 g/mol. The number of carbonyl (C=O) groups is 3. The lowest BCUT2D eigenvalue weighted by Crippen LogP contribution is -2.47. The number of alkyl carbamates (subject to hydrolysis) is 1. The quantitative estimate of drug-likeness (QED) is 0.245. The number of nitrogens with zero attached hydrogens (tertiary/aromatic N) is 1. The van der Waals surface area contributed by atoms with Gasteiger partial charge < -0.3 is 31.3 Å². The van der Waals surface area contributed by atoms with E-state index in [0.29, 0.717) is 24.2 Å². The average Bonchev–Trinajstić information content (AvgIpc) is 2.66. The van der Waals surface area contributed by atoms with E-state index in [1.807, 2.05) is 20.8 Å². The number of carbonyl (C=O) groups excluding carboxylic acids is 3. The summed E-state index contributed by atoms with van der Waals surface area (Å²) in [4.78, 5) is 41.2. The first-order valence-electron chi connectivity index (χ1n) is 10.5. The number of oxime groups is 1. The van der Waals surface area contributed by atoms with E-state index in [4.69, 9.17) is 15.3 Å². The van der Waals surface area contributed by atoms with E-state index < -0.39 is 30.3 Å². The summed E-state index contributed by atoms with van der Waals surface area (Å²) in [5.41, 5.74) is 6.20. The van der Waals surface area contributed by atoms with Crippen molar-refractivity contribution in [1.82, 2.24) is 10.6 Å². The summed E-state index contributed by atoms with van der Waals surface area (Å²) in [6, 6.07) is 5.91. The molecular formula is C22H35N5O5. The Morgan fingerprint density at radius 2 is 1.88 bits per heavy atom. The Bertz CT molecular complexity index is 817. The number of amides is 3. The highest BCUT2D eigenvalue weighted by Crippen LogP contribution is 2.11. The highest BCUT2D eigenvalue weighted by molar-refractivity contribution is 5.97. The van der Waals surface area contributed by atoms with Gasteiger partial charge in [-0.3, -0.25) is 9.59 Å². The molecule has 0 aromatic heterocycles. The zero-order valence-corrected chi connectivity index (χ0v) is 19.7. The minimum absolute atomic E-state index is 0.0237. The molecule has 0 aliphatic rings. The van der Waals surface area contributed by atoms with E-state index in [1.165, 1.54) is 0 Å². The zero-order chi connectivity index (χ0) is 24.3. The summed E-state index contributed by atoms with van der Waals surface area (Å²) < 4.78 is 5.26. The lowest BCUT2D eigenvalue weighted by molar-refractivity contribution is -0.120. The Hall–Kier alpha value is -3.30. The SMILES string of the molecule is CCNC(=O)c1cccc(NC(=O)CO/N=C(/N)C(CC(C)C)NC(=O)OC(C)(C)C)c1. The lowest BCUT2D eigenvalue weighted by atomic mass is 10.0. The van der Waals surface area contributed by atoms with E-state index in [9.17, 15) is 14.4 Å². The fourth-order valence-electron chi connectivity index (χ4n) is 2.60. The van der Waals surface area contributed by atoms with Crippen molar-refractivity contribution in [3.05, 3.63) is 29.8 Å². The molecule has 1 aromatic carbocycles. The summed E-state index contributed by atoms with van der Waals surface area (Å²) in [5.74, 6) is -0.472. The summed E-state index contributed by atoms with van der Waals surface area (Å²) in [6.07, 6.45) is -0.109. The van der Waals surface area contributed by atoms with Crippen molar-refractivity contribution in [3.8, 4) is 0 Å². The molecular weight excluding hydrogens is 414 g/mol. The van der Waals surface area contributed by atoms with Crippen LogP contribution in [0.25, 0.3) is 0 Å². The van der Waals surface area contributed by atoms with Crippen LogP contribution >= 0.6 is 0 Å². The molecule has 0 saturated carbocycles. The van der Waals surface area contributed by atoms with Gasteiger partial charge in [0.2, 0.25) is 0 Å². The van der Waals surface area contributed by atoms with Gasteiger partial charge in [-0.25, -0.2) is 4.79 Å². The van der Waals surface area contributed by atoms with Crippen LogP contribution in [-0.2, 0) is 14.4 Å². The van der Waals surface area contributed by atoms with Gasteiger partial charge in [0.05, 0.1) is 6.04 Å². The van der Waals surface area contributed by atoms with E-state index >= 15 is 0 Å². The third kappa shape index (κ3) is 10.6. The summed E-state index contributed by atoms with van der Waals surface area (Å²) in [6.45, 7) is 11.2. The zero-order valence-electron chi connectivity index (χ0n) is 19.7. The molecule has 0 saturated heterocycles. The molecule has 0 aliphatic carbocycles. The van der Waals surface area contributed by atoms with Crippen LogP contribution < -0.4 is 21.7 Å². The van der Waals surface area contributed by atoms with Crippen LogP contribution in [0.15, 0.2) is 29.4 Å². The molecule has 10 heteroatoms. The average molecular weight is 450 g/mol. The van der Waals surface area contributed by atoms with Crippen LogP contribution in [0.4, 0.5) is 10.5 Å². The van der Waals surface area contributed by atoms with E-state index in [-0.39, 0.29) is 17.7 Å². The van der Waals surface area contributed by atoms with E-state index in [2.05, 4.69) is 21.1 Å². The molecule has 0 radical (unpaired) electrons. The van der Waals surface area contributed by atoms with Crippen LogP contribution in [0.1, 0.15) is 58.3 Å². The van der Waals surface area contributed by atoms with Gasteiger partial charge in [-0.2, -0.15) is 0 Å². The molecule has 0 heterocycles. The van der Waals surface area contributed by atoms with Crippen molar-refractivity contribution >= 4 is 29.4 Å². The highest BCUT2D eigenvalue weighted by Gasteiger charge is 2.23. The Morgan fingerprint density at radius 1 is 1.19 bits per heavy atom. The molecule has 1 unspecified atom stereocenters. The fraction of sp³-hybridized carbons (Fsp3) is 0.545. The molecule has 0 bridgehead atoms. The Morgan fingerprint density at radius 3 is 2.47 bits per heavy atom. The maximum Gasteiger partial charge on any atom is 0.408 e. The summed E-state index contributed by atoms with van der Waals surface area (Å²) in [5, 5.41) is 11.8. The number of hydrogen-bond acceptors (Lipinski definition) is 6. The first-order chi connectivity index (χ1) is 14.9. The van der Waals surface area contributed by atoms with E-state index in [0.717, 1.165) is 0 Å². The fourth-order valence-corrected chi connectivity index (χ4v) is 2.60. The second kappa shape index (κ2) is 12.5. The molecule has 0 aliphatic heterocycles. The molecule has 178 valence electrons. The van der Waals surface area contributed by atoms with Gasteiger partial charge in [-0.05, 0) is 58.2 Å². The van der Waals surface area contributed by atoms with Gasteiger partial charge in [-0.15, -0.1) is 0 Å². The molecule has 32 heavy (non-hydrogen) atoms. The number of benzene rings is 1. The van der Waals surface area contributed by atoms with Crippen molar-refractivity contribution in [1.29, 1.82) is 0 Å². The van der Waals surface area contributed by atoms with Gasteiger partial charge in [-0.1, -0.05) is 25.1 Å². The van der Waals surface area contributed by atoms with Gasteiger partial charge in [0.25, 0.3) is 11.8 Å². The van der Waals surface area contributed by atoms with Crippen molar-refractivity contribution in [2.75, 3.05) is 18.5 Å². The lowest BCUT2D eigenvalue weighted by Gasteiger charge is -2.24. The second-order valence-electron chi connectivity index (χ2n) is 8.61. The number of anilines is 1. The summed E-state index contributed by atoms with van der Waals surface area (Å²) in [7, 11) is 0. The second-order valence-corrected chi connectivity index (χ2v) is 8.61. The molecule has 5 N–H and O–H groups in total. The molecule has 1 rings (SSSR count). The topological polar surface area (TPSA) is 144 Å². The maximum absolute atomic E-state index is 12.1. The van der Waals surface area contributed by atoms with E-state index in [1.54, 1.807) is 45.0 Å². The predicted octanol–water partition coefficient (Wildman–Crippen LogP) is 2.60. The van der Waals surface area contributed by atoms with Crippen LogP contribution in [0.2, 0.25) is 0 Å². The molecule has 0 fully saturated rings. The Labute approximate surface area is 189 Å². The van der Waals surface area contributed by atoms with Gasteiger partial charge >= 0.3 is 6.09 Å². The minimum atomic E-state index is -0.651. The van der Waals surface area contributed by atoms with Crippen LogP contribution in [0.5, 0.6) is 0 Å². The number of hydrogen-bond donors (Lipinski definition) is 4. The van der Waals surface area contributed by atoms with Crippen molar-refractivity contribution in [2.24, 2.45) is 16.8 Å². The van der Waals surface area contributed by atoms with Crippen molar-refractivity contribution < 1.29 is 24.0 Å². The van der Waals surface area contributed by atoms with Gasteiger partial charge in [0, 0.05) is 17.8 Å². The third-order valence-corrected chi connectivity index (χ3v) is 3.87. The van der Waals surface area contributed by atoms with Crippen molar-refractivity contribution in [2.45, 2.75) is 59.6 Å². The third-order valence-electron chi connectivity index (χ3n) is 3.87. The van der Waals surface area contributed by atoms with Crippen LogP contribution in [-0.4, -0.2) is 48.5 Å². The standard InChI is InChI=1S/C22H35N5O5/c1-7-24-20(29)15-9-8-10-16(12-15)25-18(28)13-31-27-19(23)17(11-14(2)3)26-21(30)32-22(4,5)6/h8-10,12,14,17H,7,11,13H2,1-6H3,(H2,23,27)(H,24,29)(H,25,28)(H,26,30). The first kappa shape index (κ1) is 26.7. The largest absolute Gasteiger partial charge is 0.444 e. The Balaban J connectivity index is 2.67. The molecule has 10 nitrogen and oxygen atoms in total. The normalized spacial score (nSPS) is 12.7. The van der Waals surface area contributed by atoms with Crippen LogP contribution in [0.3, 0.4) is 0 Å². The molecule has 0 spiro atoms. The predicted molar refractivity (Wildman–Crippen MR) is 123 cm³/mol. The molecule has 1 atom stereocenters. The number of amidine groups is 1. The summed E-state index contributed by atoms with van der Waals surface area (Å²) >= 11 is 0. The number of nitrogens with two attached hydrogens (primary N) is 1. The van der Waals surface area contributed by atoms with Crippen LogP contribution in [0, 0.1) is 5.92 Å². The molecule has 1 aromatic rings. The number of nitrogens with one attached hydrogen (secondary N) is 3. The van der Waals surface area contributed by atoms with Crippen molar-refractivity contribution in [3.63, 3.8) is 0 Å². The first-order valence-corrected chi connectivity index (χ1v) is 10.5. The van der Waals surface area contributed by atoms with Gasteiger partial charge in [0.1, 0.15) is 5.60 Å². The van der Waals surface area contributed by atoms with Gasteiger partial charge in [0.15, 0.2) is 12.4 Å². The number of ether oxygens (including phenoxy) is 1. The Kier molecular flexibility index (Phi) is 10.5. The highest BCUT2D eigenvalue weighted by atomic mass is 16.6. The number of rotatable bonds is 10.